The fourth-order valence-electron chi connectivity index (χ4n) is 8.46. The minimum absolute atomic E-state index is 0.0288. The van der Waals surface area contributed by atoms with Gasteiger partial charge in [0.2, 0.25) is 0 Å². The molecule has 3 unspecified atom stereocenters. The largest absolute Gasteiger partial charge is 0.481 e. The number of fused-ring (bicyclic) bond motifs is 5. The van der Waals surface area contributed by atoms with Crippen LogP contribution in [0.2, 0.25) is 0 Å². The lowest BCUT2D eigenvalue weighted by atomic mass is 9.45. The molecular formula is C28H42O9. The first kappa shape index (κ1) is 28.2. The third kappa shape index (κ3) is 5.24. The zero-order valence-electron chi connectivity index (χ0n) is 21.9. The van der Waals surface area contributed by atoms with Gasteiger partial charge in [0.1, 0.15) is 0 Å². The van der Waals surface area contributed by atoms with E-state index in [1.807, 2.05) is 6.08 Å². The van der Waals surface area contributed by atoms with Crippen LogP contribution in [0.25, 0.3) is 0 Å². The Labute approximate surface area is 217 Å². The normalized spacial score (nSPS) is 40.6. The van der Waals surface area contributed by atoms with E-state index in [0.29, 0.717) is 19.3 Å². The van der Waals surface area contributed by atoms with Crippen LogP contribution in [-0.2, 0) is 19.1 Å². The molecule has 0 spiro atoms. The van der Waals surface area contributed by atoms with E-state index in [9.17, 15) is 34.8 Å². The number of carbonyl (C=O) groups is 3. The summed E-state index contributed by atoms with van der Waals surface area (Å²) in [6, 6.07) is 0. The Hall–Kier alpha value is -1.81. The number of aliphatic hydroxyl groups excluding tert-OH is 3. The molecule has 208 valence electrons. The number of rotatable bonds is 9. The van der Waals surface area contributed by atoms with Crippen LogP contribution in [0.5, 0.6) is 0 Å². The number of carbonyl (C=O) groups excluding carboxylic acids is 2. The van der Waals surface area contributed by atoms with Crippen molar-refractivity contribution in [3.05, 3.63) is 11.6 Å². The zero-order valence-corrected chi connectivity index (χ0v) is 21.9. The van der Waals surface area contributed by atoms with Crippen molar-refractivity contribution >= 4 is 17.7 Å². The molecular weight excluding hydrogens is 480 g/mol. The van der Waals surface area contributed by atoms with E-state index in [-0.39, 0.29) is 54.8 Å². The van der Waals surface area contributed by atoms with Crippen molar-refractivity contribution in [2.75, 3.05) is 6.61 Å². The number of aliphatic hydroxyl groups is 4. The number of aliphatic carboxylic acids is 1. The Bertz CT molecular complexity index is 946. The minimum atomic E-state index is -1.25. The molecule has 0 aromatic heterocycles. The molecule has 37 heavy (non-hydrogen) atoms. The molecule has 9 atom stereocenters. The van der Waals surface area contributed by atoms with Crippen molar-refractivity contribution in [3.63, 3.8) is 0 Å². The topological polar surface area (TPSA) is 162 Å². The molecule has 0 saturated heterocycles. The van der Waals surface area contributed by atoms with Crippen molar-refractivity contribution in [1.82, 2.24) is 0 Å². The van der Waals surface area contributed by atoms with Crippen molar-refractivity contribution in [1.29, 1.82) is 0 Å². The monoisotopic (exact) mass is 522 g/mol. The molecule has 0 aliphatic heterocycles. The molecule has 0 radical (unpaired) electrons. The second-order valence-corrected chi connectivity index (χ2v) is 12.5. The lowest BCUT2D eigenvalue weighted by Gasteiger charge is -2.60. The van der Waals surface area contributed by atoms with Gasteiger partial charge in [-0.15, -0.1) is 0 Å². The minimum Gasteiger partial charge on any atom is -0.481 e. The number of carboxylic acid groups (broad SMARTS) is 1. The summed E-state index contributed by atoms with van der Waals surface area (Å²) in [5.41, 5.74) is -0.639. The highest BCUT2D eigenvalue weighted by molar-refractivity contribution is 5.91. The molecule has 0 amide bonds. The van der Waals surface area contributed by atoms with Gasteiger partial charge in [0, 0.05) is 24.7 Å². The predicted molar refractivity (Wildman–Crippen MR) is 132 cm³/mol. The van der Waals surface area contributed by atoms with Gasteiger partial charge in [-0.05, 0) is 67.8 Å². The van der Waals surface area contributed by atoms with Gasteiger partial charge in [0.05, 0.1) is 43.4 Å². The van der Waals surface area contributed by atoms with Gasteiger partial charge in [-0.2, -0.15) is 0 Å². The number of carboxylic acids is 1. The van der Waals surface area contributed by atoms with Crippen LogP contribution in [-0.4, -0.2) is 73.8 Å². The molecule has 9 heteroatoms. The summed E-state index contributed by atoms with van der Waals surface area (Å²) in [6.07, 6.45) is 2.74. The standard InChI is InChI=1S/C28H42O9/c1-26-7-5-17(29)11-16(26)3-4-20-21-6-8-28(36,27(21,2)15-22(32)25(20)26)9-10-37-24(35)14-19(31)12-18(30)13-23(33)34/h11,18-22,25,30-32,36H,3-10,12-15H2,1-2H3,(H,33,34)/t18-,19+,20?,21?,22-,25?,26-,27-,28-/m0/s1. The highest BCUT2D eigenvalue weighted by Crippen LogP contribution is 2.68. The highest BCUT2D eigenvalue weighted by Gasteiger charge is 2.66. The van der Waals surface area contributed by atoms with Gasteiger partial charge in [-0.3, -0.25) is 14.4 Å². The van der Waals surface area contributed by atoms with Gasteiger partial charge in [0.15, 0.2) is 5.78 Å². The van der Waals surface area contributed by atoms with Gasteiger partial charge in [-0.25, -0.2) is 0 Å². The van der Waals surface area contributed by atoms with Crippen molar-refractivity contribution in [2.45, 2.75) is 108 Å². The molecule has 3 saturated carbocycles. The fraction of sp³-hybridized carbons (Fsp3) is 0.821. The van der Waals surface area contributed by atoms with E-state index in [1.165, 1.54) is 5.57 Å². The van der Waals surface area contributed by atoms with Crippen LogP contribution in [0, 0.1) is 28.6 Å². The number of hydrogen-bond acceptors (Lipinski definition) is 8. The number of ketones is 1. The van der Waals surface area contributed by atoms with Crippen LogP contribution >= 0.6 is 0 Å². The third-order valence-electron chi connectivity index (χ3n) is 10.4. The molecule has 4 aliphatic carbocycles. The molecule has 5 N–H and O–H groups in total. The Morgan fingerprint density at radius 3 is 2.51 bits per heavy atom. The lowest BCUT2D eigenvalue weighted by Crippen LogP contribution is -2.60. The van der Waals surface area contributed by atoms with E-state index in [0.717, 1.165) is 25.7 Å². The van der Waals surface area contributed by atoms with E-state index in [2.05, 4.69) is 13.8 Å². The Balaban J connectivity index is 1.36. The maximum absolute atomic E-state index is 12.2. The van der Waals surface area contributed by atoms with Gasteiger partial charge < -0.3 is 30.3 Å². The average molecular weight is 523 g/mol. The summed E-state index contributed by atoms with van der Waals surface area (Å²) in [6.45, 7) is 4.22. The third-order valence-corrected chi connectivity index (χ3v) is 10.4. The molecule has 4 rings (SSSR count). The lowest BCUT2D eigenvalue weighted by molar-refractivity contribution is -0.178. The summed E-state index contributed by atoms with van der Waals surface area (Å²) in [5.74, 6) is -1.13. The summed E-state index contributed by atoms with van der Waals surface area (Å²) < 4.78 is 5.30. The first-order valence-electron chi connectivity index (χ1n) is 13.7. The van der Waals surface area contributed by atoms with Crippen LogP contribution in [0.3, 0.4) is 0 Å². The van der Waals surface area contributed by atoms with Crippen molar-refractivity contribution < 1.29 is 44.7 Å². The van der Waals surface area contributed by atoms with Crippen LogP contribution in [0.1, 0.15) is 84.5 Å². The van der Waals surface area contributed by atoms with Gasteiger partial charge in [-0.1, -0.05) is 19.4 Å². The molecule has 0 bridgehead atoms. The van der Waals surface area contributed by atoms with E-state index < -0.39 is 47.7 Å². The van der Waals surface area contributed by atoms with E-state index in [4.69, 9.17) is 9.84 Å². The zero-order chi connectivity index (χ0) is 27.2. The van der Waals surface area contributed by atoms with Crippen molar-refractivity contribution in [2.24, 2.45) is 28.6 Å². The first-order chi connectivity index (χ1) is 17.3. The van der Waals surface area contributed by atoms with E-state index in [1.54, 1.807) is 0 Å². The summed E-state index contributed by atoms with van der Waals surface area (Å²) in [5, 5.41) is 51.5. The average Bonchev–Trinajstić information content (AvgIpc) is 3.03. The maximum atomic E-state index is 12.2. The van der Waals surface area contributed by atoms with Crippen LogP contribution in [0.15, 0.2) is 11.6 Å². The summed E-state index contributed by atoms with van der Waals surface area (Å²) in [4.78, 5) is 34.9. The first-order valence-corrected chi connectivity index (χ1v) is 13.7. The summed E-state index contributed by atoms with van der Waals surface area (Å²) >= 11 is 0. The number of esters is 1. The molecule has 4 aliphatic rings. The molecule has 0 aromatic rings. The SMILES string of the molecule is C[C@]12CCC(=O)C=C1CCC1C2[C@@H](O)C[C@@]2(C)C1CC[C@]2(O)CCOC(=O)C[C@H](O)C[C@H](O)CC(=O)O. The quantitative estimate of drug-likeness (QED) is 0.286. The van der Waals surface area contributed by atoms with Crippen molar-refractivity contribution in [3.8, 4) is 0 Å². The smallest absolute Gasteiger partial charge is 0.308 e. The fourth-order valence-corrected chi connectivity index (χ4v) is 8.46. The second-order valence-electron chi connectivity index (χ2n) is 12.5. The van der Waals surface area contributed by atoms with E-state index >= 15 is 0 Å². The Kier molecular flexibility index (Phi) is 7.92. The van der Waals surface area contributed by atoms with Gasteiger partial charge in [0.25, 0.3) is 0 Å². The predicted octanol–water partition coefficient (Wildman–Crippen LogP) is 2.13. The highest BCUT2D eigenvalue weighted by atomic mass is 16.5. The molecule has 0 aromatic carbocycles. The Morgan fingerprint density at radius 1 is 1.11 bits per heavy atom. The maximum Gasteiger partial charge on any atom is 0.308 e. The van der Waals surface area contributed by atoms with Crippen LogP contribution in [0.4, 0.5) is 0 Å². The number of hydrogen-bond donors (Lipinski definition) is 5. The number of allylic oxidation sites excluding steroid dienone is 1. The number of ether oxygens (including phenoxy) is 1. The second kappa shape index (κ2) is 10.4. The molecule has 9 nitrogen and oxygen atoms in total. The molecule has 0 heterocycles. The summed E-state index contributed by atoms with van der Waals surface area (Å²) in [7, 11) is 0. The van der Waals surface area contributed by atoms with Crippen LogP contribution < -0.4 is 0 Å². The Morgan fingerprint density at radius 2 is 1.81 bits per heavy atom. The van der Waals surface area contributed by atoms with Gasteiger partial charge >= 0.3 is 11.9 Å². The molecule has 3 fully saturated rings.